The minimum Gasteiger partial charge on any atom is -0.493 e. The van der Waals surface area contributed by atoms with Crippen molar-refractivity contribution < 1.29 is 18.8 Å². The van der Waals surface area contributed by atoms with Crippen molar-refractivity contribution in [3.8, 4) is 22.8 Å². The van der Waals surface area contributed by atoms with Gasteiger partial charge in [0.1, 0.15) is 23.3 Å². The number of nitrogens with one attached hydrogen (secondary N) is 1. The van der Waals surface area contributed by atoms with Crippen molar-refractivity contribution >= 4 is 16.7 Å². The van der Waals surface area contributed by atoms with Crippen LogP contribution in [-0.2, 0) is 13.0 Å². The van der Waals surface area contributed by atoms with E-state index in [1.54, 1.807) is 0 Å². The number of rotatable bonds is 6. The summed E-state index contributed by atoms with van der Waals surface area (Å²) < 4.78 is 17.0. The van der Waals surface area contributed by atoms with Crippen LogP contribution in [0.1, 0.15) is 35.5 Å². The van der Waals surface area contributed by atoms with Gasteiger partial charge in [-0.2, -0.15) is 0 Å². The van der Waals surface area contributed by atoms with Crippen molar-refractivity contribution in [3.63, 3.8) is 0 Å². The minimum absolute atomic E-state index is 0.191. The molecule has 1 unspecified atom stereocenters. The maximum absolute atomic E-state index is 13.1. The van der Waals surface area contributed by atoms with Gasteiger partial charge in [-0.25, -0.2) is 0 Å². The molecule has 1 amide bonds. The lowest BCUT2D eigenvalue weighted by atomic mass is 10.0. The average molecular weight is 428 g/mol. The van der Waals surface area contributed by atoms with Crippen LogP contribution in [0.2, 0.25) is 0 Å². The monoisotopic (exact) mass is 428 g/mol. The van der Waals surface area contributed by atoms with Gasteiger partial charge in [0.25, 0.3) is 5.91 Å². The summed E-state index contributed by atoms with van der Waals surface area (Å²) in [6.45, 7) is 4.69. The molecule has 0 saturated carbocycles. The van der Waals surface area contributed by atoms with Gasteiger partial charge in [0.2, 0.25) is 0 Å². The molecule has 0 fully saturated rings. The number of carbonyl (C=O) groups is 1. The predicted molar refractivity (Wildman–Crippen MR) is 122 cm³/mol. The zero-order chi connectivity index (χ0) is 22.1. The summed E-state index contributed by atoms with van der Waals surface area (Å²) in [5.41, 5.74) is 3.29. The van der Waals surface area contributed by atoms with Gasteiger partial charge in [0, 0.05) is 18.1 Å². The largest absolute Gasteiger partial charge is 0.493 e. The summed E-state index contributed by atoms with van der Waals surface area (Å²) >= 11 is 0. The van der Waals surface area contributed by atoms with Crippen molar-refractivity contribution in [2.24, 2.45) is 0 Å². The topological polar surface area (TPSA) is 73.6 Å². The van der Waals surface area contributed by atoms with Gasteiger partial charge in [-0.15, -0.1) is 0 Å². The van der Waals surface area contributed by atoms with Crippen LogP contribution in [0.4, 0.5) is 0 Å². The van der Waals surface area contributed by atoms with E-state index < -0.39 is 0 Å². The first-order valence-electron chi connectivity index (χ1n) is 10.8. The molecule has 3 aromatic carbocycles. The summed E-state index contributed by atoms with van der Waals surface area (Å²) in [6.07, 6.45) is 1.07. The molecule has 4 aromatic rings. The van der Waals surface area contributed by atoms with Crippen molar-refractivity contribution in [2.45, 2.75) is 32.9 Å². The Labute approximate surface area is 186 Å². The first-order chi connectivity index (χ1) is 15.6. The van der Waals surface area contributed by atoms with Crippen LogP contribution in [-0.4, -0.2) is 23.8 Å². The molecule has 0 aliphatic carbocycles. The molecule has 5 rings (SSSR count). The molecule has 0 spiro atoms. The van der Waals surface area contributed by atoms with Gasteiger partial charge < -0.3 is 19.3 Å². The Bertz CT molecular complexity index is 1290. The van der Waals surface area contributed by atoms with E-state index in [2.05, 4.69) is 23.5 Å². The lowest BCUT2D eigenvalue weighted by Crippen LogP contribution is -2.24. The van der Waals surface area contributed by atoms with Crippen molar-refractivity contribution in [2.75, 3.05) is 6.61 Å². The number of aromatic nitrogens is 1. The summed E-state index contributed by atoms with van der Waals surface area (Å²) in [5.74, 6) is 1.95. The van der Waals surface area contributed by atoms with Gasteiger partial charge in [0.05, 0.1) is 18.7 Å². The fraction of sp³-hybridized carbons (Fsp3) is 0.231. The average Bonchev–Trinajstić information content (AvgIpc) is 3.42. The van der Waals surface area contributed by atoms with Crippen LogP contribution in [0, 0.1) is 0 Å². The van der Waals surface area contributed by atoms with E-state index in [1.165, 1.54) is 5.56 Å². The second-order valence-corrected chi connectivity index (χ2v) is 7.91. The van der Waals surface area contributed by atoms with Crippen LogP contribution >= 0.6 is 0 Å². The maximum atomic E-state index is 13.1. The third kappa shape index (κ3) is 3.80. The maximum Gasteiger partial charge on any atom is 0.256 e. The molecule has 0 bridgehead atoms. The first-order valence-corrected chi connectivity index (χ1v) is 10.8. The molecule has 0 radical (unpaired) electrons. The van der Waals surface area contributed by atoms with E-state index >= 15 is 0 Å². The number of ether oxygens (including phenoxy) is 2. The lowest BCUT2D eigenvalue weighted by Gasteiger charge is -2.13. The smallest absolute Gasteiger partial charge is 0.256 e. The van der Waals surface area contributed by atoms with E-state index in [9.17, 15) is 4.79 Å². The summed E-state index contributed by atoms with van der Waals surface area (Å²) in [6, 6.07) is 19.4. The summed E-state index contributed by atoms with van der Waals surface area (Å²) in [5, 5.41) is 8.93. The molecule has 2 heterocycles. The van der Waals surface area contributed by atoms with Crippen molar-refractivity contribution in [1.82, 2.24) is 10.5 Å². The molecule has 162 valence electrons. The predicted octanol–water partition coefficient (Wildman–Crippen LogP) is 5.15. The van der Waals surface area contributed by atoms with E-state index in [0.29, 0.717) is 29.4 Å². The van der Waals surface area contributed by atoms with E-state index in [4.69, 9.17) is 14.0 Å². The highest BCUT2D eigenvalue weighted by Gasteiger charge is 2.21. The van der Waals surface area contributed by atoms with Crippen molar-refractivity contribution in [3.05, 3.63) is 77.5 Å². The van der Waals surface area contributed by atoms with Crippen LogP contribution in [0.3, 0.4) is 0 Å². The Morgan fingerprint density at radius 2 is 2.03 bits per heavy atom. The molecule has 32 heavy (non-hydrogen) atoms. The van der Waals surface area contributed by atoms with Gasteiger partial charge in [-0.3, -0.25) is 4.79 Å². The number of fused-ring (bicyclic) bond motifs is 2. The molecule has 1 atom stereocenters. The number of hydrogen-bond donors (Lipinski definition) is 1. The lowest BCUT2D eigenvalue weighted by molar-refractivity contribution is 0.0948. The third-order valence-corrected chi connectivity index (χ3v) is 5.59. The third-order valence-electron chi connectivity index (χ3n) is 5.59. The highest BCUT2D eigenvalue weighted by Crippen LogP contribution is 2.33. The second-order valence-electron chi connectivity index (χ2n) is 7.91. The van der Waals surface area contributed by atoms with Crippen LogP contribution < -0.4 is 14.8 Å². The molecular weight excluding hydrogens is 404 g/mol. The first kappa shape index (κ1) is 20.1. The normalized spacial score (nSPS) is 14.8. The fourth-order valence-electron chi connectivity index (χ4n) is 4.13. The van der Waals surface area contributed by atoms with Crippen molar-refractivity contribution in [1.29, 1.82) is 0 Å². The quantitative estimate of drug-likeness (QED) is 0.460. The molecule has 1 aromatic heterocycles. The molecule has 1 aliphatic rings. The van der Waals surface area contributed by atoms with Gasteiger partial charge >= 0.3 is 0 Å². The highest BCUT2D eigenvalue weighted by molar-refractivity contribution is 6.09. The summed E-state index contributed by atoms with van der Waals surface area (Å²) in [4.78, 5) is 13.1. The number of benzene rings is 3. The number of nitrogens with zero attached hydrogens (tertiary/aromatic N) is 1. The standard InChI is InChI=1S/C26H24N2O4/c1-3-30-23-11-8-17-6-4-5-7-21(17)25(23)26(29)27-15-20-14-24(32-28-20)18-9-10-22-19(13-18)12-16(2)31-22/h4-11,13-14,16H,3,12,15H2,1-2H3,(H,27,29). The molecule has 6 nitrogen and oxygen atoms in total. The van der Waals surface area contributed by atoms with E-state index in [-0.39, 0.29) is 18.6 Å². The Morgan fingerprint density at radius 3 is 2.91 bits per heavy atom. The van der Waals surface area contributed by atoms with Gasteiger partial charge in [-0.1, -0.05) is 35.5 Å². The Morgan fingerprint density at radius 1 is 1.16 bits per heavy atom. The van der Waals surface area contributed by atoms with Gasteiger partial charge in [-0.05, 0) is 54.4 Å². The number of hydrogen-bond acceptors (Lipinski definition) is 5. The van der Waals surface area contributed by atoms with E-state index in [0.717, 1.165) is 28.5 Å². The van der Waals surface area contributed by atoms with Crippen LogP contribution in [0.5, 0.6) is 11.5 Å². The fourth-order valence-corrected chi connectivity index (χ4v) is 4.13. The molecule has 0 saturated heterocycles. The zero-order valence-electron chi connectivity index (χ0n) is 18.1. The van der Waals surface area contributed by atoms with Crippen LogP contribution in [0.15, 0.2) is 65.2 Å². The minimum atomic E-state index is -0.210. The molecule has 1 aliphatic heterocycles. The molecule has 1 N–H and O–H groups in total. The molecular formula is C26H24N2O4. The van der Waals surface area contributed by atoms with E-state index in [1.807, 2.05) is 61.5 Å². The number of amides is 1. The zero-order valence-corrected chi connectivity index (χ0v) is 18.1. The summed E-state index contributed by atoms with van der Waals surface area (Å²) in [7, 11) is 0. The highest BCUT2D eigenvalue weighted by atomic mass is 16.5. The molecule has 6 heteroatoms. The number of carbonyl (C=O) groups excluding carboxylic acids is 1. The Hall–Kier alpha value is -3.80. The van der Waals surface area contributed by atoms with Gasteiger partial charge in [0.15, 0.2) is 5.76 Å². The second kappa shape index (κ2) is 8.38. The Kier molecular flexibility index (Phi) is 5.27. The Balaban J connectivity index is 1.34. The SMILES string of the molecule is CCOc1ccc2ccccc2c1C(=O)NCc1cc(-c2ccc3c(c2)CC(C)O3)on1. The van der Waals surface area contributed by atoms with Crippen LogP contribution in [0.25, 0.3) is 22.1 Å².